The summed E-state index contributed by atoms with van der Waals surface area (Å²) in [5, 5.41) is 0.765. The van der Waals surface area contributed by atoms with Gasteiger partial charge in [-0.15, -0.1) is 11.8 Å². The number of thioether (sulfide) groups is 1. The summed E-state index contributed by atoms with van der Waals surface area (Å²) in [5.41, 5.74) is 2.81. The zero-order valence-corrected chi connectivity index (χ0v) is 18.4. The van der Waals surface area contributed by atoms with Crippen LogP contribution in [0.2, 0.25) is 0 Å². The molecule has 3 aromatic rings. The maximum Gasteiger partial charge on any atom is 0.260 e. The van der Waals surface area contributed by atoms with Crippen LogP contribution in [0.15, 0.2) is 47.4 Å². The maximum atomic E-state index is 13.4. The molecule has 0 atom stereocenters. The maximum absolute atomic E-state index is 13.4. The molecule has 0 radical (unpaired) electrons. The number of aromatic nitrogens is 1. The minimum atomic E-state index is 0.00243. The highest BCUT2D eigenvalue weighted by Crippen LogP contribution is 2.31. The van der Waals surface area contributed by atoms with E-state index >= 15 is 0 Å². The normalized spacial score (nSPS) is 15.0. The van der Waals surface area contributed by atoms with Crippen LogP contribution in [0.3, 0.4) is 0 Å². The van der Waals surface area contributed by atoms with E-state index in [0.29, 0.717) is 12.1 Å². The summed E-state index contributed by atoms with van der Waals surface area (Å²) in [6.07, 6.45) is 2.04. The number of carbonyl (C=O) groups excluding carboxylic acids is 1. The lowest BCUT2D eigenvalue weighted by atomic mass is 10.2. The number of fused-ring (bicyclic) bond motifs is 1. The second-order valence-electron chi connectivity index (χ2n) is 7.06. The number of benzene rings is 2. The molecule has 1 aliphatic heterocycles. The fourth-order valence-electron chi connectivity index (χ4n) is 3.43. The minimum absolute atomic E-state index is 0.00243. The molecule has 5 nitrogen and oxygen atoms in total. The van der Waals surface area contributed by atoms with Gasteiger partial charge in [0.1, 0.15) is 0 Å². The molecule has 29 heavy (non-hydrogen) atoms. The third-order valence-electron chi connectivity index (χ3n) is 5.17. The fourth-order valence-corrected chi connectivity index (χ4v) is 4.91. The Hall–Kier alpha value is -1.93. The summed E-state index contributed by atoms with van der Waals surface area (Å²) in [5.74, 6) is 0.00243. The largest absolute Gasteiger partial charge is 0.379 e. The van der Waals surface area contributed by atoms with Crippen molar-refractivity contribution in [3.05, 3.63) is 53.6 Å². The van der Waals surface area contributed by atoms with Crippen LogP contribution in [0.1, 0.15) is 15.9 Å². The zero-order valence-electron chi connectivity index (χ0n) is 16.8. The lowest BCUT2D eigenvalue weighted by Gasteiger charge is -2.29. The molecular weight excluding hydrogens is 402 g/mol. The molecule has 4 rings (SSSR count). The molecule has 0 unspecified atom stereocenters. The predicted octanol–water partition coefficient (Wildman–Crippen LogP) is 4.31. The number of rotatable bonds is 6. The molecule has 0 saturated carbocycles. The van der Waals surface area contributed by atoms with Crippen molar-refractivity contribution in [2.24, 2.45) is 0 Å². The topological polar surface area (TPSA) is 45.7 Å². The van der Waals surface area contributed by atoms with Gasteiger partial charge in [-0.1, -0.05) is 23.5 Å². The third-order valence-corrected chi connectivity index (χ3v) is 6.95. The summed E-state index contributed by atoms with van der Waals surface area (Å²) in [4.78, 5) is 23.6. The van der Waals surface area contributed by atoms with E-state index in [1.807, 2.05) is 41.5 Å². The Bertz CT molecular complexity index is 981. The quantitative estimate of drug-likeness (QED) is 0.549. The van der Waals surface area contributed by atoms with Gasteiger partial charge in [0.2, 0.25) is 0 Å². The molecule has 1 amide bonds. The molecule has 1 saturated heterocycles. The van der Waals surface area contributed by atoms with Crippen molar-refractivity contribution in [3.8, 4) is 0 Å². The number of morpholine rings is 1. The summed E-state index contributed by atoms with van der Waals surface area (Å²) in [6, 6.07) is 14.0. The number of carbonyl (C=O) groups is 1. The first kappa shape index (κ1) is 20.3. The molecule has 0 N–H and O–H groups in total. The van der Waals surface area contributed by atoms with Gasteiger partial charge in [-0.2, -0.15) is 0 Å². The SMILES string of the molecule is CSc1ccc(C(=O)N(CCN2CCOCC2)c2nc3c(C)cccc3s2)cc1. The van der Waals surface area contributed by atoms with Crippen LogP contribution < -0.4 is 4.90 Å². The van der Waals surface area contributed by atoms with Crippen LogP contribution in [0.5, 0.6) is 0 Å². The highest BCUT2D eigenvalue weighted by Gasteiger charge is 2.23. The van der Waals surface area contributed by atoms with Gasteiger partial charge >= 0.3 is 0 Å². The second-order valence-corrected chi connectivity index (χ2v) is 8.95. The summed E-state index contributed by atoms with van der Waals surface area (Å²) in [7, 11) is 0. The van der Waals surface area contributed by atoms with E-state index in [-0.39, 0.29) is 5.91 Å². The molecule has 0 aliphatic carbocycles. The molecule has 152 valence electrons. The first-order valence-electron chi connectivity index (χ1n) is 9.78. The summed E-state index contributed by atoms with van der Waals surface area (Å²) >= 11 is 3.26. The Labute approximate surface area is 179 Å². The number of thiazole rings is 1. The first-order valence-corrected chi connectivity index (χ1v) is 11.8. The molecule has 1 aromatic heterocycles. The van der Waals surface area contributed by atoms with E-state index < -0.39 is 0 Å². The van der Waals surface area contributed by atoms with Crippen molar-refractivity contribution in [1.29, 1.82) is 0 Å². The molecule has 7 heteroatoms. The Morgan fingerprint density at radius 1 is 1.21 bits per heavy atom. The molecule has 0 spiro atoms. The molecule has 2 aromatic carbocycles. The Morgan fingerprint density at radius 3 is 2.66 bits per heavy atom. The van der Waals surface area contributed by atoms with E-state index in [4.69, 9.17) is 9.72 Å². The van der Waals surface area contributed by atoms with Gasteiger partial charge in [-0.3, -0.25) is 14.6 Å². The first-order chi connectivity index (χ1) is 14.2. The van der Waals surface area contributed by atoms with Crippen molar-refractivity contribution in [2.45, 2.75) is 11.8 Å². The van der Waals surface area contributed by atoms with Gasteiger partial charge < -0.3 is 4.74 Å². The monoisotopic (exact) mass is 427 g/mol. The number of aryl methyl sites for hydroxylation is 1. The summed E-state index contributed by atoms with van der Waals surface area (Å²) in [6.45, 7) is 6.81. The number of nitrogens with zero attached hydrogens (tertiary/aromatic N) is 3. The number of para-hydroxylation sites is 1. The minimum Gasteiger partial charge on any atom is -0.379 e. The van der Waals surface area contributed by atoms with Gasteiger partial charge in [0.15, 0.2) is 5.13 Å². The van der Waals surface area contributed by atoms with Crippen LogP contribution in [0.4, 0.5) is 5.13 Å². The fraction of sp³-hybridized carbons (Fsp3) is 0.364. The van der Waals surface area contributed by atoms with Crippen molar-refractivity contribution < 1.29 is 9.53 Å². The average molecular weight is 428 g/mol. The Morgan fingerprint density at radius 2 is 1.97 bits per heavy atom. The van der Waals surface area contributed by atoms with Gasteiger partial charge in [-0.25, -0.2) is 4.98 Å². The smallest absolute Gasteiger partial charge is 0.260 e. The van der Waals surface area contributed by atoms with Crippen molar-refractivity contribution >= 4 is 44.4 Å². The highest BCUT2D eigenvalue weighted by molar-refractivity contribution is 7.98. The van der Waals surface area contributed by atoms with Crippen molar-refractivity contribution in [1.82, 2.24) is 9.88 Å². The standard InChI is InChI=1S/C22H25N3O2S2/c1-16-4-3-5-19-20(16)23-22(29-19)25(11-10-24-12-14-27-15-13-24)21(26)17-6-8-18(28-2)9-7-17/h3-9H,10-15H2,1-2H3. The van der Waals surface area contributed by atoms with E-state index in [1.165, 1.54) is 0 Å². The highest BCUT2D eigenvalue weighted by atomic mass is 32.2. The Kier molecular flexibility index (Phi) is 6.50. The molecular formula is C22H25N3O2S2. The van der Waals surface area contributed by atoms with Crippen LogP contribution in [-0.4, -0.2) is 61.4 Å². The molecule has 0 bridgehead atoms. The number of hydrogen-bond donors (Lipinski definition) is 0. The van der Waals surface area contributed by atoms with Gasteiger partial charge in [0, 0.05) is 36.6 Å². The second kappa shape index (κ2) is 9.26. The van der Waals surface area contributed by atoms with E-state index in [1.54, 1.807) is 23.1 Å². The zero-order chi connectivity index (χ0) is 20.2. The molecule has 2 heterocycles. The van der Waals surface area contributed by atoms with Gasteiger partial charge in [0.05, 0.1) is 23.4 Å². The molecule has 1 aliphatic rings. The molecule has 1 fully saturated rings. The lowest BCUT2D eigenvalue weighted by Crippen LogP contribution is -2.43. The summed E-state index contributed by atoms with van der Waals surface area (Å²) < 4.78 is 6.56. The van der Waals surface area contributed by atoms with E-state index in [0.717, 1.165) is 58.7 Å². The number of anilines is 1. The van der Waals surface area contributed by atoms with Crippen LogP contribution >= 0.6 is 23.1 Å². The van der Waals surface area contributed by atoms with E-state index in [2.05, 4.69) is 24.0 Å². The Balaban J connectivity index is 1.63. The number of amides is 1. The van der Waals surface area contributed by atoms with Gasteiger partial charge in [-0.05, 0) is 49.1 Å². The average Bonchev–Trinajstić information content (AvgIpc) is 3.20. The van der Waals surface area contributed by atoms with Crippen LogP contribution in [0, 0.1) is 6.92 Å². The predicted molar refractivity (Wildman–Crippen MR) is 122 cm³/mol. The van der Waals surface area contributed by atoms with Crippen molar-refractivity contribution in [3.63, 3.8) is 0 Å². The van der Waals surface area contributed by atoms with Crippen LogP contribution in [-0.2, 0) is 4.74 Å². The third kappa shape index (κ3) is 4.64. The number of hydrogen-bond acceptors (Lipinski definition) is 6. The van der Waals surface area contributed by atoms with Gasteiger partial charge in [0.25, 0.3) is 5.91 Å². The van der Waals surface area contributed by atoms with Crippen molar-refractivity contribution in [2.75, 3.05) is 50.5 Å². The van der Waals surface area contributed by atoms with Crippen LogP contribution in [0.25, 0.3) is 10.2 Å². The number of ether oxygens (including phenoxy) is 1. The lowest BCUT2D eigenvalue weighted by molar-refractivity contribution is 0.0391. The van der Waals surface area contributed by atoms with E-state index in [9.17, 15) is 4.79 Å².